The molecule has 5 N–H and O–H groups in total. The van der Waals surface area contributed by atoms with E-state index in [0.29, 0.717) is 19.0 Å². The van der Waals surface area contributed by atoms with Gasteiger partial charge in [0.15, 0.2) is 0 Å². The molecule has 7 heteroatoms. The van der Waals surface area contributed by atoms with Gasteiger partial charge in [0, 0.05) is 26.1 Å². The van der Waals surface area contributed by atoms with Crippen LogP contribution in [0.5, 0.6) is 0 Å². The summed E-state index contributed by atoms with van der Waals surface area (Å²) in [7, 11) is 0. The number of amides is 3. The predicted octanol–water partition coefficient (Wildman–Crippen LogP) is -1.05. The van der Waals surface area contributed by atoms with Gasteiger partial charge in [-0.1, -0.05) is 6.92 Å². The topological polar surface area (TPSA) is 119 Å². The van der Waals surface area contributed by atoms with E-state index in [1.165, 1.54) is 6.92 Å². The molecule has 0 bridgehead atoms. The number of carbonyl (C=O) groups excluding carboxylic acids is 3. The van der Waals surface area contributed by atoms with Crippen LogP contribution in [0.15, 0.2) is 0 Å². The maximum atomic E-state index is 12.3. The van der Waals surface area contributed by atoms with Gasteiger partial charge in [-0.05, 0) is 18.8 Å². The molecule has 3 amide bonds. The first-order valence-electron chi connectivity index (χ1n) is 6.91. The zero-order valence-corrected chi connectivity index (χ0v) is 12.1. The van der Waals surface area contributed by atoms with E-state index in [1.54, 1.807) is 4.90 Å². The first kappa shape index (κ1) is 16.4. The molecule has 0 spiro atoms. The number of nitrogens with zero attached hydrogens (tertiary/aromatic N) is 1. The van der Waals surface area contributed by atoms with Crippen molar-refractivity contribution in [3.05, 3.63) is 0 Å². The van der Waals surface area contributed by atoms with E-state index in [0.717, 1.165) is 12.8 Å². The fourth-order valence-corrected chi connectivity index (χ4v) is 2.56. The number of nitrogens with two attached hydrogens (primary N) is 2. The van der Waals surface area contributed by atoms with Crippen molar-refractivity contribution >= 4 is 17.7 Å². The second kappa shape index (κ2) is 7.23. The van der Waals surface area contributed by atoms with E-state index in [4.69, 9.17) is 11.5 Å². The normalized spacial score (nSPS) is 24.1. The van der Waals surface area contributed by atoms with E-state index >= 15 is 0 Å². The fraction of sp³-hybridized carbons (Fsp3) is 0.769. The van der Waals surface area contributed by atoms with Crippen molar-refractivity contribution in [3.63, 3.8) is 0 Å². The quantitative estimate of drug-likeness (QED) is 0.597. The molecule has 1 aliphatic rings. The maximum Gasteiger partial charge on any atom is 0.240 e. The molecule has 2 unspecified atom stereocenters. The summed E-state index contributed by atoms with van der Waals surface area (Å²) in [6.45, 7) is 4.45. The van der Waals surface area contributed by atoms with E-state index in [1.807, 2.05) is 0 Å². The number of hydrogen-bond donors (Lipinski definition) is 3. The third-order valence-corrected chi connectivity index (χ3v) is 3.67. The van der Waals surface area contributed by atoms with E-state index in [-0.39, 0.29) is 24.3 Å². The molecule has 0 aliphatic carbocycles. The summed E-state index contributed by atoms with van der Waals surface area (Å²) in [5.41, 5.74) is 10.9. The van der Waals surface area contributed by atoms with Crippen molar-refractivity contribution in [1.29, 1.82) is 0 Å². The average Bonchev–Trinajstić information content (AvgIpc) is 2.36. The van der Waals surface area contributed by atoms with E-state index in [9.17, 15) is 14.4 Å². The van der Waals surface area contributed by atoms with Crippen LogP contribution in [0.3, 0.4) is 0 Å². The number of hydrogen-bond acceptors (Lipinski definition) is 4. The smallest absolute Gasteiger partial charge is 0.240 e. The molecule has 0 aromatic rings. The first-order valence-corrected chi connectivity index (χ1v) is 6.91. The standard InChI is InChI=1S/C13H24N4O3/c1-8-3-4-17(10(5-8)7-14)12(19)6-11(13(15)20)16-9(2)18/h8,10-11H,3-7,14H2,1-2H3,(H2,15,20)(H,16,18)/t8?,10?,11-/m0/s1. The summed E-state index contributed by atoms with van der Waals surface area (Å²) in [5.74, 6) is -0.743. The minimum atomic E-state index is -0.960. The van der Waals surface area contributed by atoms with Gasteiger partial charge in [-0.25, -0.2) is 0 Å². The third-order valence-electron chi connectivity index (χ3n) is 3.67. The van der Waals surface area contributed by atoms with E-state index < -0.39 is 11.9 Å². The molecule has 20 heavy (non-hydrogen) atoms. The van der Waals surface area contributed by atoms with Gasteiger partial charge in [0.05, 0.1) is 6.42 Å². The van der Waals surface area contributed by atoms with Crippen LogP contribution in [0.1, 0.15) is 33.1 Å². The molecule has 1 heterocycles. The number of piperidine rings is 1. The van der Waals surface area contributed by atoms with Crippen molar-refractivity contribution < 1.29 is 14.4 Å². The molecular formula is C13H24N4O3. The highest BCUT2D eigenvalue weighted by atomic mass is 16.2. The molecule has 7 nitrogen and oxygen atoms in total. The Kier molecular flexibility index (Phi) is 5.94. The molecular weight excluding hydrogens is 260 g/mol. The highest BCUT2D eigenvalue weighted by Gasteiger charge is 2.31. The summed E-state index contributed by atoms with van der Waals surface area (Å²) in [5, 5.41) is 2.40. The minimum Gasteiger partial charge on any atom is -0.368 e. The van der Waals surface area contributed by atoms with Crippen LogP contribution in [0.25, 0.3) is 0 Å². The highest BCUT2D eigenvalue weighted by molar-refractivity contribution is 5.90. The Labute approximate surface area is 119 Å². The van der Waals surface area contributed by atoms with Crippen LogP contribution < -0.4 is 16.8 Å². The van der Waals surface area contributed by atoms with Crippen molar-refractivity contribution in [2.24, 2.45) is 17.4 Å². The SMILES string of the molecule is CC(=O)N[C@@H](CC(=O)N1CCC(C)CC1CN)C(N)=O. The number of carbonyl (C=O) groups is 3. The van der Waals surface area contributed by atoms with Crippen LogP contribution in [-0.2, 0) is 14.4 Å². The van der Waals surface area contributed by atoms with E-state index in [2.05, 4.69) is 12.2 Å². The second-order valence-electron chi connectivity index (χ2n) is 5.47. The summed E-state index contributed by atoms with van der Waals surface area (Å²) in [6.07, 6.45) is 1.67. The van der Waals surface area contributed by atoms with Crippen molar-refractivity contribution in [1.82, 2.24) is 10.2 Å². The zero-order chi connectivity index (χ0) is 15.3. The van der Waals surface area contributed by atoms with Gasteiger partial charge in [-0.15, -0.1) is 0 Å². The van der Waals surface area contributed by atoms with Crippen LogP contribution in [0.4, 0.5) is 0 Å². The fourth-order valence-electron chi connectivity index (χ4n) is 2.56. The number of rotatable bonds is 5. The Morgan fingerprint density at radius 2 is 2.05 bits per heavy atom. The molecule has 3 atom stereocenters. The monoisotopic (exact) mass is 284 g/mol. The van der Waals surface area contributed by atoms with Crippen LogP contribution in [-0.4, -0.2) is 47.8 Å². The molecule has 1 fully saturated rings. The lowest BCUT2D eigenvalue weighted by atomic mass is 9.92. The summed E-state index contributed by atoms with van der Waals surface area (Å²) in [4.78, 5) is 36.3. The maximum absolute atomic E-state index is 12.3. The Morgan fingerprint density at radius 3 is 2.55 bits per heavy atom. The largest absolute Gasteiger partial charge is 0.368 e. The van der Waals surface area contributed by atoms with Gasteiger partial charge in [0.25, 0.3) is 0 Å². The van der Waals surface area contributed by atoms with Gasteiger partial charge in [-0.3, -0.25) is 14.4 Å². The Bertz CT molecular complexity index is 386. The lowest BCUT2D eigenvalue weighted by Gasteiger charge is -2.38. The number of nitrogens with one attached hydrogen (secondary N) is 1. The number of likely N-dealkylation sites (tertiary alicyclic amines) is 1. The molecule has 0 aromatic heterocycles. The van der Waals surface area contributed by atoms with Crippen LogP contribution in [0, 0.1) is 5.92 Å². The van der Waals surface area contributed by atoms with Gasteiger partial charge in [0.2, 0.25) is 17.7 Å². The molecule has 114 valence electrons. The highest BCUT2D eigenvalue weighted by Crippen LogP contribution is 2.22. The molecule has 1 saturated heterocycles. The first-order chi connectivity index (χ1) is 9.35. The van der Waals surface area contributed by atoms with Gasteiger partial charge in [0.1, 0.15) is 6.04 Å². The van der Waals surface area contributed by atoms with Crippen LogP contribution in [0.2, 0.25) is 0 Å². The molecule has 0 aromatic carbocycles. The van der Waals surface area contributed by atoms with Crippen molar-refractivity contribution in [2.75, 3.05) is 13.1 Å². The molecule has 1 aliphatic heterocycles. The molecule has 1 rings (SSSR count). The summed E-state index contributed by atoms with van der Waals surface area (Å²) < 4.78 is 0. The minimum absolute atomic E-state index is 0.00268. The number of primary amides is 1. The molecule has 0 radical (unpaired) electrons. The lowest BCUT2D eigenvalue weighted by molar-refractivity contribution is -0.138. The molecule has 0 saturated carbocycles. The summed E-state index contributed by atoms with van der Waals surface area (Å²) in [6, 6.07) is -0.963. The van der Waals surface area contributed by atoms with Gasteiger partial charge >= 0.3 is 0 Å². The Hall–Kier alpha value is -1.63. The average molecular weight is 284 g/mol. The second-order valence-corrected chi connectivity index (χ2v) is 5.47. The Morgan fingerprint density at radius 1 is 1.40 bits per heavy atom. The zero-order valence-electron chi connectivity index (χ0n) is 12.1. The predicted molar refractivity (Wildman–Crippen MR) is 74.4 cm³/mol. The van der Waals surface area contributed by atoms with Gasteiger partial charge < -0.3 is 21.7 Å². The van der Waals surface area contributed by atoms with Crippen molar-refractivity contribution in [2.45, 2.75) is 45.2 Å². The van der Waals surface area contributed by atoms with Gasteiger partial charge in [-0.2, -0.15) is 0 Å². The summed E-state index contributed by atoms with van der Waals surface area (Å²) >= 11 is 0. The lowest BCUT2D eigenvalue weighted by Crippen LogP contribution is -2.52. The third kappa shape index (κ3) is 4.48. The van der Waals surface area contributed by atoms with Crippen LogP contribution >= 0.6 is 0 Å². The Balaban J connectivity index is 2.67. The van der Waals surface area contributed by atoms with Crippen molar-refractivity contribution in [3.8, 4) is 0 Å².